The smallest absolute Gasteiger partial charge is 0.257 e. The molecule has 0 bridgehead atoms. The Kier molecular flexibility index (Phi) is 4.20. The Bertz CT molecular complexity index is 599. The van der Waals surface area contributed by atoms with E-state index in [2.05, 4.69) is 4.98 Å². The number of carbonyl (C=O) groups excluding carboxylic acids is 1. The molecule has 2 rings (SSSR count). The summed E-state index contributed by atoms with van der Waals surface area (Å²) in [6.45, 7) is 0.477. The van der Waals surface area contributed by atoms with Crippen molar-refractivity contribution >= 4 is 5.91 Å². The third-order valence-corrected chi connectivity index (χ3v) is 3.02. The molecule has 2 aromatic rings. The van der Waals surface area contributed by atoms with Crippen LogP contribution in [0.1, 0.15) is 16.1 Å². The molecular formula is C15H16N2O3. The van der Waals surface area contributed by atoms with Crippen molar-refractivity contribution in [3.05, 3.63) is 53.9 Å². The van der Waals surface area contributed by atoms with Crippen LogP contribution in [0.5, 0.6) is 11.5 Å². The minimum atomic E-state index is -0.387. The van der Waals surface area contributed by atoms with Gasteiger partial charge in [0.15, 0.2) is 11.5 Å². The average Bonchev–Trinajstić information content (AvgIpc) is 2.48. The summed E-state index contributed by atoms with van der Waals surface area (Å²) in [4.78, 5) is 17.8. The lowest BCUT2D eigenvalue weighted by atomic mass is 10.1. The molecule has 0 saturated heterocycles. The second kappa shape index (κ2) is 6.06. The monoisotopic (exact) mass is 272 g/mol. The van der Waals surface area contributed by atoms with Crippen LogP contribution in [0.15, 0.2) is 42.6 Å². The number of pyridine rings is 1. The summed E-state index contributed by atoms with van der Waals surface area (Å²) < 4.78 is 0. The highest BCUT2D eigenvalue weighted by Crippen LogP contribution is 2.28. The zero-order valence-electron chi connectivity index (χ0n) is 11.2. The standard InChI is InChI=1S/C15H16N2O3/c1-17(10-8-11-5-2-3-9-16-11)15(20)12-6-4-7-13(18)14(12)19/h2-7,9,18-19H,8,10H2,1H3. The van der Waals surface area contributed by atoms with Crippen molar-refractivity contribution in [2.75, 3.05) is 13.6 Å². The van der Waals surface area contributed by atoms with Gasteiger partial charge in [-0.3, -0.25) is 9.78 Å². The van der Waals surface area contributed by atoms with Crippen LogP contribution in [-0.4, -0.2) is 39.6 Å². The second-order valence-electron chi connectivity index (χ2n) is 4.47. The summed E-state index contributed by atoms with van der Waals surface area (Å²) in [5.41, 5.74) is 0.987. The van der Waals surface area contributed by atoms with Crippen LogP contribution in [0, 0.1) is 0 Å². The molecule has 0 atom stereocenters. The number of aromatic hydroxyl groups is 2. The molecule has 5 heteroatoms. The fraction of sp³-hybridized carbons (Fsp3) is 0.200. The number of benzene rings is 1. The highest BCUT2D eigenvalue weighted by Gasteiger charge is 2.17. The molecule has 0 aliphatic rings. The number of phenolic OH excluding ortho intramolecular Hbond substituents is 2. The SMILES string of the molecule is CN(CCc1ccccn1)C(=O)c1cccc(O)c1O. The highest BCUT2D eigenvalue weighted by atomic mass is 16.3. The number of aromatic nitrogens is 1. The van der Waals surface area contributed by atoms with Gasteiger partial charge in [-0.1, -0.05) is 12.1 Å². The van der Waals surface area contributed by atoms with Gasteiger partial charge in [0.25, 0.3) is 5.91 Å². The Labute approximate surface area is 117 Å². The van der Waals surface area contributed by atoms with Gasteiger partial charge in [-0.05, 0) is 24.3 Å². The van der Waals surface area contributed by atoms with Crippen molar-refractivity contribution in [2.24, 2.45) is 0 Å². The first-order valence-corrected chi connectivity index (χ1v) is 6.26. The minimum absolute atomic E-state index is 0.0912. The molecule has 0 fully saturated rings. The number of hydrogen-bond acceptors (Lipinski definition) is 4. The number of carbonyl (C=O) groups is 1. The molecule has 5 nitrogen and oxygen atoms in total. The predicted molar refractivity (Wildman–Crippen MR) is 74.7 cm³/mol. The lowest BCUT2D eigenvalue weighted by Gasteiger charge is -2.17. The van der Waals surface area contributed by atoms with Crippen molar-refractivity contribution in [2.45, 2.75) is 6.42 Å². The average molecular weight is 272 g/mol. The third kappa shape index (κ3) is 3.06. The minimum Gasteiger partial charge on any atom is -0.504 e. The Balaban J connectivity index is 2.04. The molecule has 1 aromatic heterocycles. The Hall–Kier alpha value is -2.56. The van der Waals surface area contributed by atoms with Crippen molar-refractivity contribution in [3.63, 3.8) is 0 Å². The molecule has 1 heterocycles. The van der Waals surface area contributed by atoms with Crippen LogP contribution in [0.3, 0.4) is 0 Å². The second-order valence-corrected chi connectivity index (χ2v) is 4.47. The summed E-state index contributed by atoms with van der Waals surface area (Å²) in [6.07, 6.45) is 2.33. The van der Waals surface area contributed by atoms with Crippen LogP contribution < -0.4 is 0 Å². The molecule has 0 spiro atoms. The van der Waals surface area contributed by atoms with E-state index in [1.54, 1.807) is 13.2 Å². The molecule has 1 amide bonds. The summed E-state index contributed by atoms with van der Waals surface area (Å²) in [7, 11) is 1.65. The van der Waals surface area contributed by atoms with Gasteiger partial charge in [-0.25, -0.2) is 0 Å². The highest BCUT2D eigenvalue weighted by molar-refractivity contribution is 5.97. The molecule has 0 radical (unpaired) electrons. The van der Waals surface area contributed by atoms with Crippen LogP contribution in [0.25, 0.3) is 0 Å². The van der Waals surface area contributed by atoms with E-state index >= 15 is 0 Å². The van der Waals surface area contributed by atoms with Crippen LogP contribution in [0.2, 0.25) is 0 Å². The van der Waals surface area contributed by atoms with E-state index in [0.29, 0.717) is 13.0 Å². The van der Waals surface area contributed by atoms with Gasteiger partial charge >= 0.3 is 0 Å². The molecule has 0 aliphatic carbocycles. The van der Waals surface area contributed by atoms with E-state index in [0.717, 1.165) is 5.69 Å². The van der Waals surface area contributed by atoms with Crippen molar-refractivity contribution in [1.82, 2.24) is 9.88 Å². The number of nitrogens with zero attached hydrogens (tertiary/aromatic N) is 2. The first kappa shape index (κ1) is 13.9. The molecule has 104 valence electrons. The first-order valence-electron chi connectivity index (χ1n) is 6.26. The first-order chi connectivity index (χ1) is 9.59. The Morgan fingerprint density at radius 1 is 1.20 bits per heavy atom. The molecule has 0 unspecified atom stereocenters. The number of likely N-dealkylation sites (N-methyl/N-ethyl adjacent to an activating group) is 1. The van der Waals surface area contributed by atoms with E-state index in [-0.39, 0.29) is 23.0 Å². The lowest BCUT2D eigenvalue weighted by Crippen LogP contribution is -2.29. The molecule has 0 aliphatic heterocycles. The van der Waals surface area contributed by atoms with Crippen molar-refractivity contribution in [3.8, 4) is 11.5 Å². The summed E-state index contributed by atoms with van der Waals surface area (Å²) >= 11 is 0. The fourth-order valence-electron chi connectivity index (χ4n) is 1.84. The van der Waals surface area contributed by atoms with E-state index in [9.17, 15) is 15.0 Å². The zero-order valence-corrected chi connectivity index (χ0v) is 11.2. The third-order valence-electron chi connectivity index (χ3n) is 3.02. The van der Waals surface area contributed by atoms with E-state index < -0.39 is 0 Å². The normalized spacial score (nSPS) is 10.2. The number of amides is 1. The number of para-hydroxylation sites is 1. The zero-order chi connectivity index (χ0) is 14.5. The molecule has 20 heavy (non-hydrogen) atoms. The van der Waals surface area contributed by atoms with Crippen LogP contribution >= 0.6 is 0 Å². The number of rotatable bonds is 4. The maximum Gasteiger partial charge on any atom is 0.257 e. The van der Waals surface area contributed by atoms with Gasteiger partial charge in [-0.15, -0.1) is 0 Å². The summed E-state index contributed by atoms with van der Waals surface area (Å²) in [5, 5.41) is 19.1. The quantitative estimate of drug-likeness (QED) is 0.832. The van der Waals surface area contributed by atoms with Crippen LogP contribution in [0.4, 0.5) is 0 Å². The Morgan fingerprint density at radius 3 is 2.70 bits per heavy atom. The van der Waals surface area contributed by atoms with E-state index in [1.807, 2.05) is 18.2 Å². The van der Waals surface area contributed by atoms with Gasteiger partial charge in [0.05, 0.1) is 5.56 Å². The van der Waals surface area contributed by atoms with Crippen molar-refractivity contribution in [1.29, 1.82) is 0 Å². The van der Waals surface area contributed by atoms with Gasteiger partial charge in [-0.2, -0.15) is 0 Å². The largest absolute Gasteiger partial charge is 0.504 e. The lowest BCUT2D eigenvalue weighted by molar-refractivity contribution is 0.0792. The number of phenols is 2. The fourth-order valence-corrected chi connectivity index (χ4v) is 1.84. The molecule has 1 aromatic carbocycles. The van der Waals surface area contributed by atoms with Gasteiger partial charge in [0.1, 0.15) is 0 Å². The number of hydrogen-bond donors (Lipinski definition) is 2. The van der Waals surface area contributed by atoms with E-state index in [1.165, 1.54) is 23.1 Å². The topological polar surface area (TPSA) is 73.7 Å². The predicted octanol–water partition coefficient (Wildman–Crippen LogP) is 1.81. The van der Waals surface area contributed by atoms with Gasteiger partial charge < -0.3 is 15.1 Å². The van der Waals surface area contributed by atoms with Crippen molar-refractivity contribution < 1.29 is 15.0 Å². The van der Waals surface area contributed by atoms with Gasteiger partial charge in [0, 0.05) is 31.9 Å². The molecule has 0 saturated carbocycles. The van der Waals surface area contributed by atoms with E-state index in [4.69, 9.17) is 0 Å². The summed E-state index contributed by atoms with van der Waals surface area (Å²) in [5.74, 6) is -1.02. The summed E-state index contributed by atoms with van der Waals surface area (Å²) in [6, 6.07) is 9.96. The molecule has 2 N–H and O–H groups in total. The maximum absolute atomic E-state index is 12.2. The maximum atomic E-state index is 12.2. The Morgan fingerprint density at radius 2 is 2.00 bits per heavy atom. The van der Waals surface area contributed by atoms with Gasteiger partial charge in [0.2, 0.25) is 0 Å². The van der Waals surface area contributed by atoms with Crippen LogP contribution in [-0.2, 0) is 6.42 Å². The molecular weight excluding hydrogens is 256 g/mol.